The number of hydrogen-bond acceptors (Lipinski definition) is 3. The maximum absolute atomic E-state index is 11.0. The van der Waals surface area contributed by atoms with E-state index in [2.05, 4.69) is 9.40 Å². The Bertz CT molecular complexity index is 528. The fourth-order valence-corrected chi connectivity index (χ4v) is 0.992. The summed E-state index contributed by atoms with van der Waals surface area (Å²) in [6, 6.07) is 6.49. The molecule has 5 heteroatoms. The molecule has 0 spiro atoms. The van der Waals surface area contributed by atoms with Crippen LogP contribution in [0.2, 0.25) is 0 Å². The Hall–Kier alpha value is -0.840. The predicted molar refractivity (Wildman–Crippen MR) is 42.1 cm³/mol. The van der Waals surface area contributed by atoms with E-state index in [1.165, 1.54) is 0 Å². The minimum Gasteiger partial charge on any atom is -0.555 e. The van der Waals surface area contributed by atoms with Crippen molar-refractivity contribution in [1.29, 1.82) is 0 Å². The predicted octanol–water partition coefficient (Wildman–Crippen LogP) is -2.89. The van der Waals surface area contributed by atoms with Gasteiger partial charge in [-0.25, -0.2) is 0 Å². The zero-order chi connectivity index (χ0) is 8.55. The summed E-state index contributed by atoms with van der Waals surface area (Å²) in [5.41, 5.74) is -0.260. The van der Waals surface area contributed by atoms with E-state index in [4.69, 9.17) is 0 Å². The van der Waals surface area contributed by atoms with Crippen LogP contribution < -0.4 is 45.9 Å². The summed E-state index contributed by atoms with van der Waals surface area (Å²) in [6.45, 7) is 0. The standard InChI is InChI=1S/C8H5NO3.Na/c10-7-5-3-1-2-4-6(5)12-8(11)9-7;/h1-4H,(H,9,10,11);/q;+1/p-1. The van der Waals surface area contributed by atoms with Crippen molar-refractivity contribution in [2.75, 3.05) is 0 Å². The van der Waals surface area contributed by atoms with Crippen molar-refractivity contribution in [3.8, 4) is 0 Å². The van der Waals surface area contributed by atoms with E-state index in [-0.39, 0.29) is 35.1 Å². The smallest absolute Gasteiger partial charge is 0.555 e. The van der Waals surface area contributed by atoms with E-state index < -0.39 is 11.3 Å². The second-order valence-electron chi connectivity index (χ2n) is 2.28. The molecule has 0 atom stereocenters. The van der Waals surface area contributed by atoms with Gasteiger partial charge in [-0.15, -0.1) is 0 Å². The molecule has 0 amide bonds. The van der Waals surface area contributed by atoms with Gasteiger partial charge < -0.3 is 14.2 Å². The second-order valence-corrected chi connectivity index (χ2v) is 2.28. The molecule has 0 N–H and O–H groups in total. The van der Waals surface area contributed by atoms with Gasteiger partial charge in [0.15, 0.2) is 0 Å². The monoisotopic (exact) mass is 185 g/mol. The van der Waals surface area contributed by atoms with Crippen LogP contribution in [0.15, 0.2) is 38.3 Å². The van der Waals surface area contributed by atoms with Crippen molar-refractivity contribution >= 4 is 11.0 Å². The molecule has 60 valence electrons. The van der Waals surface area contributed by atoms with Crippen molar-refractivity contribution < 1.29 is 34.0 Å². The number of aromatic nitrogens is 1. The van der Waals surface area contributed by atoms with Gasteiger partial charge in [0.2, 0.25) is 5.76 Å². The first-order valence-corrected chi connectivity index (χ1v) is 3.34. The SMILES string of the molecule is O=c1[n-]c(=O)c2ccccc2o1.[Na+]. The molecule has 2 rings (SSSR count). The normalized spacial score (nSPS) is 9.54. The maximum atomic E-state index is 11.0. The third-order valence-electron chi connectivity index (χ3n) is 1.51. The second kappa shape index (κ2) is 3.91. The average Bonchev–Trinajstić information content (AvgIpc) is 2.04. The molecule has 0 aliphatic carbocycles. The van der Waals surface area contributed by atoms with Crippen LogP contribution in [-0.4, -0.2) is 0 Å². The fourth-order valence-electron chi connectivity index (χ4n) is 0.992. The molecule has 0 aliphatic rings. The van der Waals surface area contributed by atoms with Crippen LogP contribution in [0, 0.1) is 0 Å². The van der Waals surface area contributed by atoms with Gasteiger partial charge in [0.05, 0.1) is 5.56 Å². The number of fused-ring (bicyclic) bond motifs is 1. The molecular weight excluding hydrogens is 181 g/mol. The summed E-state index contributed by atoms with van der Waals surface area (Å²) in [7, 11) is 0. The van der Waals surface area contributed by atoms with Crippen LogP contribution in [0.3, 0.4) is 0 Å². The van der Waals surface area contributed by atoms with Crippen LogP contribution in [0.1, 0.15) is 0 Å². The first-order valence-electron chi connectivity index (χ1n) is 3.34. The van der Waals surface area contributed by atoms with Crippen LogP contribution in [0.25, 0.3) is 11.0 Å². The largest absolute Gasteiger partial charge is 1.00 e. The molecule has 1 heterocycles. The van der Waals surface area contributed by atoms with Gasteiger partial charge in [-0.05, 0) is 12.1 Å². The van der Waals surface area contributed by atoms with Crippen molar-refractivity contribution in [2.45, 2.75) is 0 Å². The third kappa shape index (κ3) is 1.91. The molecule has 1 aromatic heterocycles. The minimum absolute atomic E-state index is 0. The van der Waals surface area contributed by atoms with Gasteiger partial charge in [-0.2, -0.15) is 0 Å². The summed E-state index contributed by atoms with van der Waals surface area (Å²) in [4.78, 5) is 24.8. The number of rotatable bonds is 0. The molecule has 0 saturated heterocycles. The summed E-state index contributed by atoms with van der Waals surface area (Å²) >= 11 is 0. The molecule has 0 bridgehead atoms. The Labute approximate surface area is 94.9 Å². The molecule has 1 aromatic carbocycles. The first kappa shape index (κ1) is 10.2. The van der Waals surface area contributed by atoms with E-state index in [1.807, 2.05) is 0 Å². The number of hydrogen-bond donors (Lipinski definition) is 0. The zero-order valence-corrected chi connectivity index (χ0v) is 8.98. The van der Waals surface area contributed by atoms with E-state index in [0.29, 0.717) is 5.39 Å². The third-order valence-corrected chi connectivity index (χ3v) is 1.51. The molecular formula is C8H4NNaO3. The van der Waals surface area contributed by atoms with Crippen LogP contribution >= 0.6 is 0 Å². The Morgan fingerprint density at radius 3 is 2.62 bits per heavy atom. The first-order chi connectivity index (χ1) is 5.77. The zero-order valence-electron chi connectivity index (χ0n) is 6.98. The molecule has 0 aliphatic heterocycles. The van der Waals surface area contributed by atoms with Crippen molar-refractivity contribution in [1.82, 2.24) is 4.98 Å². The van der Waals surface area contributed by atoms with Gasteiger partial charge in [0.25, 0.3) is 0 Å². The summed E-state index contributed by atoms with van der Waals surface area (Å²) in [5.74, 6) is -0.848. The summed E-state index contributed by atoms with van der Waals surface area (Å²) < 4.78 is 4.68. The van der Waals surface area contributed by atoms with Gasteiger partial charge in [0.1, 0.15) is 5.58 Å². The molecule has 4 nitrogen and oxygen atoms in total. The topological polar surface area (TPSA) is 61.4 Å². The van der Waals surface area contributed by atoms with Gasteiger partial charge >= 0.3 is 29.6 Å². The van der Waals surface area contributed by atoms with Crippen LogP contribution in [0.5, 0.6) is 0 Å². The van der Waals surface area contributed by atoms with Crippen LogP contribution in [-0.2, 0) is 0 Å². The van der Waals surface area contributed by atoms with E-state index in [0.717, 1.165) is 0 Å². The minimum atomic E-state index is -0.848. The average molecular weight is 185 g/mol. The maximum Gasteiger partial charge on any atom is 1.00 e. The van der Waals surface area contributed by atoms with Gasteiger partial charge in [-0.3, -0.25) is 4.79 Å². The number of para-hydroxylation sites is 1. The van der Waals surface area contributed by atoms with Crippen molar-refractivity contribution in [3.05, 3.63) is 45.2 Å². The molecule has 2 aromatic rings. The molecule has 0 radical (unpaired) electrons. The van der Waals surface area contributed by atoms with Crippen molar-refractivity contribution in [3.63, 3.8) is 0 Å². The molecule has 0 unspecified atom stereocenters. The number of nitrogens with zero attached hydrogens (tertiary/aromatic N) is 1. The van der Waals surface area contributed by atoms with Crippen LogP contribution in [0.4, 0.5) is 0 Å². The summed E-state index contributed by atoms with van der Waals surface area (Å²) in [6.07, 6.45) is 0. The van der Waals surface area contributed by atoms with Gasteiger partial charge in [-0.1, -0.05) is 12.1 Å². The van der Waals surface area contributed by atoms with E-state index in [1.54, 1.807) is 24.3 Å². The Morgan fingerprint density at radius 1 is 1.15 bits per heavy atom. The number of benzene rings is 1. The molecule has 0 fully saturated rings. The van der Waals surface area contributed by atoms with Gasteiger partial charge in [0, 0.05) is 5.39 Å². The Kier molecular flexibility index (Phi) is 3.08. The fraction of sp³-hybridized carbons (Fsp3) is 0. The molecule has 13 heavy (non-hydrogen) atoms. The molecule has 0 saturated carbocycles. The Balaban J connectivity index is 0.000000845. The Morgan fingerprint density at radius 2 is 1.85 bits per heavy atom. The quantitative estimate of drug-likeness (QED) is 0.413. The van der Waals surface area contributed by atoms with E-state index >= 15 is 0 Å². The summed E-state index contributed by atoms with van der Waals surface area (Å²) in [5, 5.41) is 0.331. The van der Waals surface area contributed by atoms with E-state index in [9.17, 15) is 9.59 Å². The van der Waals surface area contributed by atoms with Crippen molar-refractivity contribution in [2.24, 2.45) is 0 Å².